The molecule has 1 aliphatic heterocycles. The minimum Gasteiger partial charge on any atom is -0.429 e. The first kappa shape index (κ1) is 21.0. The van der Waals surface area contributed by atoms with Crippen molar-refractivity contribution in [3.63, 3.8) is 0 Å². The zero-order valence-corrected chi connectivity index (χ0v) is 16.9. The average molecular weight is 432 g/mol. The van der Waals surface area contributed by atoms with Gasteiger partial charge in [-0.3, -0.25) is 0 Å². The van der Waals surface area contributed by atoms with Gasteiger partial charge in [-0.2, -0.15) is 13.2 Å². The first-order chi connectivity index (χ1) is 14.7. The van der Waals surface area contributed by atoms with Crippen LogP contribution in [-0.2, 0) is 12.5 Å². The summed E-state index contributed by atoms with van der Waals surface area (Å²) in [5.74, 6) is -1.45. The summed E-state index contributed by atoms with van der Waals surface area (Å²) in [6.45, 7) is 3.11. The van der Waals surface area contributed by atoms with Crippen molar-refractivity contribution in [2.45, 2.75) is 38.8 Å². The van der Waals surface area contributed by atoms with Crippen LogP contribution in [0.5, 0.6) is 17.2 Å². The van der Waals surface area contributed by atoms with Crippen LogP contribution in [-0.4, -0.2) is 6.04 Å². The smallest absolute Gasteiger partial charge is 0.429 e. The van der Waals surface area contributed by atoms with Gasteiger partial charge in [0.25, 0.3) is 0 Å². The predicted molar refractivity (Wildman–Crippen MR) is 108 cm³/mol. The van der Waals surface area contributed by atoms with E-state index in [9.17, 15) is 17.6 Å². The Morgan fingerprint density at radius 1 is 0.903 bits per heavy atom. The van der Waals surface area contributed by atoms with Crippen LogP contribution in [0.4, 0.5) is 17.6 Å². The lowest BCUT2D eigenvalue weighted by Crippen LogP contribution is -2.27. The van der Waals surface area contributed by atoms with E-state index in [1.165, 1.54) is 18.2 Å². The molecule has 0 radical (unpaired) electrons. The minimum absolute atomic E-state index is 0.0566. The van der Waals surface area contributed by atoms with Gasteiger partial charge in [-0.25, -0.2) is 4.39 Å². The summed E-state index contributed by atoms with van der Waals surface area (Å²) in [6, 6.07) is 12.1. The number of ether oxygens (including phenoxy) is 3. The quantitative estimate of drug-likeness (QED) is 0.393. The molecule has 0 N–H and O–H groups in total. The maximum Gasteiger partial charge on any atom is 0.429 e. The average Bonchev–Trinajstić information content (AvgIpc) is 3.01. The minimum atomic E-state index is -3.96. The van der Waals surface area contributed by atoms with Crippen LogP contribution in [0.2, 0.25) is 0 Å². The highest BCUT2D eigenvalue weighted by atomic mass is 19.3. The van der Waals surface area contributed by atoms with Crippen molar-refractivity contribution in [2.24, 2.45) is 0 Å². The molecule has 162 valence electrons. The molecule has 0 aromatic heterocycles. The Bertz CT molecular complexity index is 1090. The molecule has 3 nitrogen and oxygen atoms in total. The maximum atomic E-state index is 14.7. The summed E-state index contributed by atoms with van der Waals surface area (Å²) in [7, 11) is 0. The molecule has 4 rings (SSSR count). The zero-order valence-electron chi connectivity index (χ0n) is 16.9. The van der Waals surface area contributed by atoms with Crippen molar-refractivity contribution in [3.05, 3.63) is 77.6 Å². The fourth-order valence-electron chi connectivity index (χ4n) is 3.42. The van der Waals surface area contributed by atoms with Crippen LogP contribution < -0.4 is 14.2 Å². The van der Waals surface area contributed by atoms with Crippen molar-refractivity contribution >= 4 is 0 Å². The first-order valence-corrected chi connectivity index (χ1v) is 9.84. The molecule has 0 aliphatic carbocycles. The predicted octanol–water partition coefficient (Wildman–Crippen LogP) is 6.99. The maximum absolute atomic E-state index is 14.7. The molecule has 3 aromatic carbocycles. The molecule has 1 atom stereocenters. The van der Waals surface area contributed by atoms with Gasteiger partial charge in [0.2, 0.25) is 0 Å². The van der Waals surface area contributed by atoms with E-state index in [2.05, 4.69) is 6.92 Å². The van der Waals surface area contributed by atoms with Crippen molar-refractivity contribution in [1.29, 1.82) is 0 Å². The van der Waals surface area contributed by atoms with E-state index in [0.29, 0.717) is 5.56 Å². The summed E-state index contributed by atoms with van der Waals surface area (Å²) >= 11 is 0. The van der Waals surface area contributed by atoms with Gasteiger partial charge in [0.15, 0.2) is 11.5 Å². The van der Waals surface area contributed by atoms with Crippen molar-refractivity contribution in [1.82, 2.24) is 0 Å². The summed E-state index contributed by atoms with van der Waals surface area (Å²) in [5.41, 5.74) is 1.44. The van der Waals surface area contributed by atoms with E-state index >= 15 is 0 Å². The zero-order chi connectivity index (χ0) is 22.2. The van der Waals surface area contributed by atoms with E-state index in [1.54, 1.807) is 0 Å². The molecule has 0 bridgehead atoms. The van der Waals surface area contributed by atoms with Gasteiger partial charge in [-0.05, 0) is 47.4 Å². The Hall–Kier alpha value is -3.22. The molecule has 7 heteroatoms. The van der Waals surface area contributed by atoms with Gasteiger partial charge in [0.1, 0.15) is 11.6 Å². The fourth-order valence-corrected chi connectivity index (χ4v) is 3.42. The summed E-state index contributed by atoms with van der Waals surface area (Å²) < 4.78 is 72.2. The van der Waals surface area contributed by atoms with E-state index in [0.717, 1.165) is 49.1 Å². The highest BCUT2D eigenvalue weighted by Crippen LogP contribution is 2.43. The number of alkyl halides is 3. The third kappa shape index (κ3) is 4.45. The summed E-state index contributed by atoms with van der Waals surface area (Å²) in [5, 5.41) is 0. The molecule has 0 amide bonds. The molecule has 1 heterocycles. The van der Waals surface area contributed by atoms with Crippen LogP contribution in [0.3, 0.4) is 0 Å². The van der Waals surface area contributed by atoms with Gasteiger partial charge in [0, 0.05) is 13.0 Å². The molecule has 0 spiro atoms. The van der Waals surface area contributed by atoms with Gasteiger partial charge in [-0.15, -0.1) is 0 Å². The molecule has 1 aliphatic rings. The lowest BCUT2D eigenvalue weighted by Gasteiger charge is -2.19. The van der Waals surface area contributed by atoms with E-state index in [4.69, 9.17) is 14.2 Å². The highest BCUT2D eigenvalue weighted by Gasteiger charge is 2.40. The SMILES string of the molecule is CCCc1ccc(-c2ccc(C(F)(F)Oc3ccc4c(c3)OC(C)(F)O4)c(F)c2)cc1. The standard InChI is InChI=1S/C24H20F4O3/c1-3-4-15-5-7-16(8-6-15)17-9-11-19(20(25)13-17)24(27,28)29-18-10-12-21-22(14-18)31-23(2,26)30-21/h5-14H,3-4H2,1-2H3. The second-order valence-corrected chi connectivity index (χ2v) is 7.41. The Morgan fingerprint density at radius 3 is 2.26 bits per heavy atom. The number of benzene rings is 3. The number of hydrogen-bond acceptors (Lipinski definition) is 3. The molecular weight excluding hydrogens is 412 g/mol. The number of halogens is 4. The summed E-state index contributed by atoms with van der Waals surface area (Å²) in [4.78, 5) is 0. The lowest BCUT2D eigenvalue weighted by molar-refractivity contribution is -0.187. The lowest BCUT2D eigenvalue weighted by atomic mass is 10.0. The largest absolute Gasteiger partial charge is 0.429 e. The van der Waals surface area contributed by atoms with Crippen LogP contribution in [0, 0.1) is 5.82 Å². The molecule has 0 fully saturated rings. The normalized spacial score (nSPS) is 17.6. The highest BCUT2D eigenvalue weighted by molar-refractivity contribution is 5.64. The fraction of sp³-hybridized carbons (Fsp3) is 0.250. The van der Waals surface area contributed by atoms with E-state index in [-0.39, 0.29) is 17.2 Å². The third-order valence-electron chi connectivity index (χ3n) is 4.85. The molecular formula is C24H20F4O3. The molecule has 1 unspecified atom stereocenters. The van der Waals surface area contributed by atoms with Gasteiger partial charge in [-0.1, -0.05) is 43.7 Å². The Labute approximate surface area is 177 Å². The van der Waals surface area contributed by atoms with Gasteiger partial charge in [0.05, 0.1) is 5.56 Å². The second-order valence-electron chi connectivity index (χ2n) is 7.41. The monoisotopic (exact) mass is 432 g/mol. The molecule has 31 heavy (non-hydrogen) atoms. The van der Waals surface area contributed by atoms with Crippen molar-refractivity contribution in [3.8, 4) is 28.4 Å². The van der Waals surface area contributed by atoms with Gasteiger partial charge >= 0.3 is 12.1 Å². The number of rotatable bonds is 6. The van der Waals surface area contributed by atoms with Crippen LogP contribution in [0.25, 0.3) is 11.1 Å². The number of aryl methyl sites for hydroxylation is 1. The van der Waals surface area contributed by atoms with Gasteiger partial charge < -0.3 is 14.2 Å². The third-order valence-corrected chi connectivity index (χ3v) is 4.85. The number of hydrogen-bond donors (Lipinski definition) is 0. The Balaban J connectivity index is 1.55. The van der Waals surface area contributed by atoms with Crippen LogP contribution in [0.1, 0.15) is 31.4 Å². The van der Waals surface area contributed by atoms with E-state index < -0.39 is 23.5 Å². The van der Waals surface area contributed by atoms with Crippen LogP contribution in [0.15, 0.2) is 60.7 Å². The Morgan fingerprint density at radius 2 is 1.58 bits per heavy atom. The molecule has 0 saturated carbocycles. The first-order valence-electron chi connectivity index (χ1n) is 9.84. The number of fused-ring (bicyclic) bond motifs is 1. The molecule has 3 aromatic rings. The van der Waals surface area contributed by atoms with E-state index in [1.807, 2.05) is 24.3 Å². The summed E-state index contributed by atoms with van der Waals surface area (Å²) in [6.07, 6.45) is -2.02. The Kier molecular flexibility index (Phi) is 5.29. The van der Waals surface area contributed by atoms with Crippen LogP contribution >= 0.6 is 0 Å². The second kappa shape index (κ2) is 7.80. The van der Waals surface area contributed by atoms with Crippen molar-refractivity contribution in [2.75, 3.05) is 0 Å². The van der Waals surface area contributed by atoms with Crippen molar-refractivity contribution < 1.29 is 31.8 Å². The molecule has 0 saturated heterocycles. The topological polar surface area (TPSA) is 27.7 Å².